The Balaban J connectivity index is 2.96. The average molecular weight is 307 g/mol. The standard InChI is InChI=1S/C14H17F4NO2/c1-3-21-12(20)13(2,19-9-14(16,17)18)8-10-6-4-5-7-11(10)15/h4-7,19H,3,8-9H2,1-2H3. The Morgan fingerprint density at radius 2 is 1.90 bits per heavy atom. The van der Waals surface area contributed by atoms with Crippen LogP contribution in [0.4, 0.5) is 17.6 Å². The summed E-state index contributed by atoms with van der Waals surface area (Å²) >= 11 is 0. The third-order valence-corrected chi connectivity index (χ3v) is 2.91. The molecule has 0 aliphatic carbocycles. The molecule has 0 heterocycles. The lowest BCUT2D eigenvalue weighted by Gasteiger charge is -2.29. The number of carbonyl (C=O) groups is 1. The van der Waals surface area contributed by atoms with Gasteiger partial charge in [0.1, 0.15) is 11.4 Å². The Morgan fingerprint density at radius 1 is 1.29 bits per heavy atom. The SMILES string of the molecule is CCOC(=O)C(C)(Cc1ccccc1F)NCC(F)(F)F. The van der Waals surface area contributed by atoms with Crippen molar-refractivity contribution in [3.63, 3.8) is 0 Å². The highest BCUT2D eigenvalue weighted by Crippen LogP contribution is 2.20. The molecule has 1 N–H and O–H groups in total. The van der Waals surface area contributed by atoms with Crippen molar-refractivity contribution in [2.24, 2.45) is 0 Å². The summed E-state index contributed by atoms with van der Waals surface area (Å²) in [6.45, 7) is 1.48. The molecular weight excluding hydrogens is 290 g/mol. The minimum atomic E-state index is -4.48. The van der Waals surface area contributed by atoms with E-state index in [0.717, 1.165) is 0 Å². The first kappa shape index (κ1) is 17.4. The number of benzene rings is 1. The lowest BCUT2D eigenvalue weighted by molar-refractivity contribution is -0.154. The quantitative estimate of drug-likeness (QED) is 0.649. The predicted molar refractivity (Wildman–Crippen MR) is 69.2 cm³/mol. The van der Waals surface area contributed by atoms with Crippen molar-refractivity contribution in [3.8, 4) is 0 Å². The number of hydrogen-bond acceptors (Lipinski definition) is 3. The monoisotopic (exact) mass is 307 g/mol. The maximum Gasteiger partial charge on any atom is 0.401 e. The number of halogens is 4. The van der Waals surface area contributed by atoms with Crippen LogP contribution in [0.3, 0.4) is 0 Å². The summed E-state index contributed by atoms with van der Waals surface area (Å²) in [6.07, 6.45) is -4.72. The van der Waals surface area contributed by atoms with Gasteiger partial charge >= 0.3 is 12.1 Å². The Hall–Kier alpha value is -1.63. The fourth-order valence-corrected chi connectivity index (χ4v) is 1.82. The van der Waals surface area contributed by atoms with E-state index in [1.54, 1.807) is 13.0 Å². The smallest absolute Gasteiger partial charge is 0.401 e. The highest BCUT2D eigenvalue weighted by Gasteiger charge is 2.39. The predicted octanol–water partition coefficient (Wildman–Crippen LogP) is 2.84. The molecule has 0 radical (unpaired) electrons. The molecule has 0 spiro atoms. The molecule has 0 fully saturated rings. The summed E-state index contributed by atoms with van der Waals surface area (Å²) < 4.78 is 55.5. The summed E-state index contributed by atoms with van der Waals surface area (Å²) in [5.74, 6) is -1.43. The Labute approximate surface area is 120 Å². The van der Waals surface area contributed by atoms with E-state index in [-0.39, 0.29) is 18.6 Å². The van der Waals surface area contributed by atoms with Crippen LogP contribution in [0, 0.1) is 5.82 Å². The van der Waals surface area contributed by atoms with E-state index in [2.05, 4.69) is 5.32 Å². The van der Waals surface area contributed by atoms with Crippen molar-refractivity contribution in [1.82, 2.24) is 5.32 Å². The fraction of sp³-hybridized carbons (Fsp3) is 0.500. The number of nitrogens with one attached hydrogen (secondary N) is 1. The second kappa shape index (κ2) is 6.89. The number of hydrogen-bond donors (Lipinski definition) is 1. The van der Waals surface area contributed by atoms with Gasteiger partial charge in [-0.2, -0.15) is 13.2 Å². The molecule has 0 aromatic heterocycles. The summed E-state index contributed by atoms with van der Waals surface area (Å²) in [4.78, 5) is 11.9. The molecule has 0 bridgehead atoms. The van der Waals surface area contributed by atoms with E-state index in [9.17, 15) is 22.4 Å². The van der Waals surface area contributed by atoms with Gasteiger partial charge in [-0.3, -0.25) is 10.1 Å². The Morgan fingerprint density at radius 3 is 2.43 bits per heavy atom. The zero-order valence-corrected chi connectivity index (χ0v) is 11.8. The van der Waals surface area contributed by atoms with Crippen LogP contribution in [0.1, 0.15) is 19.4 Å². The molecule has 1 aromatic carbocycles. The zero-order chi connectivity index (χ0) is 16.1. The number of esters is 1. The lowest BCUT2D eigenvalue weighted by atomic mass is 9.92. The van der Waals surface area contributed by atoms with Gasteiger partial charge in [-0.15, -0.1) is 0 Å². The van der Waals surface area contributed by atoms with E-state index in [1.807, 2.05) is 0 Å². The van der Waals surface area contributed by atoms with Crippen molar-refractivity contribution in [2.75, 3.05) is 13.2 Å². The van der Waals surface area contributed by atoms with Crippen LogP contribution >= 0.6 is 0 Å². The highest BCUT2D eigenvalue weighted by molar-refractivity contribution is 5.80. The second-order valence-electron chi connectivity index (χ2n) is 4.79. The second-order valence-corrected chi connectivity index (χ2v) is 4.79. The summed E-state index contributed by atoms with van der Waals surface area (Å²) in [7, 11) is 0. The van der Waals surface area contributed by atoms with Crippen LogP contribution < -0.4 is 5.32 Å². The lowest BCUT2D eigenvalue weighted by Crippen LogP contribution is -2.55. The number of carbonyl (C=O) groups excluding carboxylic acids is 1. The first-order valence-electron chi connectivity index (χ1n) is 6.40. The molecule has 7 heteroatoms. The van der Waals surface area contributed by atoms with Crippen molar-refractivity contribution in [3.05, 3.63) is 35.6 Å². The highest BCUT2D eigenvalue weighted by atomic mass is 19.4. The molecule has 0 saturated carbocycles. The molecule has 0 aliphatic rings. The molecule has 0 saturated heterocycles. The van der Waals surface area contributed by atoms with E-state index >= 15 is 0 Å². The van der Waals surface area contributed by atoms with Gasteiger partial charge in [0.05, 0.1) is 13.2 Å². The normalized spacial score (nSPS) is 14.6. The number of rotatable bonds is 6. The van der Waals surface area contributed by atoms with Gasteiger partial charge in [0.15, 0.2) is 0 Å². The van der Waals surface area contributed by atoms with E-state index in [4.69, 9.17) is 4.74 Å². The van der Waals surface area contributed by atoms with E-state index in [1.165, 1.54) is 25.1 Å². The minimum absolute atomic E-state index is 0.0272. The van der Waals surface area contributed by atoms with Gasteiger partial charge < -0.3 is 4.74 Å². The third-order valence-electron chi connectivity index (χ3n) is 2.91. The Kier molecular flexibility index (Phi) is 5.71. The van der Waals surface area contributed by atoms with Crippen LogP contribution in [0.2, 0.25) is 0 Å². The molecule has 118 valence electrons. The summed E-state index contributed by atoms with van der Waals surface area (Å²) in [6, 6.07) is 5.62. The molecule has 0 amide bonds. The summed E-state index contributed by atoms with van der Waals surface area (Å²) in [5.41, 5.74) is -1.52. The molecule has 1 unspecified atom stereocenters. The first-order chi connectivity index (χ1) is 9.68. The van der Waals surface area contributed by atoms with Crippen molar-refractivity contribution < 1.29 is 27.1 Å². The average Bonchev–Trinajstić information content (AvgIpc) is 2.39. The third kappa shape index (κ3) is 5.34. The van der Waals surface area contributed by atoms with Crippen LogP contribution in [0.15, 0.2) is 24.3 Å². The van der Waals surface area contributed by atoms with Crippen LogP contribution in [-0.4, -0.2) is 30.8 Å². The number of ether oxygens (including phenoxy) is 1. The van der Waals surface area contributed by atoms with Crippen LogP contribution in [0.5, 0.6) is 0 Å². The van der Waals surface area contributed by atoms with Crippen LogP contribution in [0.25, 0.3) is 0 Å². The largest absolute Gasteiger partial charge is 0.465 e. The van der Waals surface area contributed by atoms with Gasteiger partial charge in [0.25, 0.3) is 0 Å². The van der Waals surface area contributed by atoms with Crippen molar-refractivity contribution >= 4 is 5.97 Å². The van der Waals surface area contributed by atoms with E-state index in [0.29, 0.717) is 0 Å². The van der Waals surface area contributed by atoms with Gasteiger partial charge in [0.2, 0.25) is 0 Å². The minimum Gasteiger partial charge on any atom is -0.465 e. The van der Waals surface area contributed by atoms with Gasteiger partial charge in [-0.25, -0.2) is 4.39 Å². The Bertz CT molecular complexity index is 490. The molecule has 3 nitrogen and oxygen atoms in total. The molecule has 1 atom stereocenters. The molecule has 21 heavy (non-hydrogen) atoms. The van der Waals surface area contributed by atoms with Crippen molar-refractivity contribution in [2.45, 2.75) is 32.0 Å². The maximum atomic E-state index is 13.6. The fourth-order valence-electron chi connectivity index (χ4n) is 1.82. The molecule has 0 aliphatic heterocycles. The molecular formula is C14H17F4NO2. The van der Waals surface area contributed by atoms with Crippen LogP contribution in [-0.2, 0) is 16.0 Å². The van der Waals surface area contributed by atoms with E-state index < -0.39 is 30.0 Å². The first-order valence-corrected chi connectivity index (χ1v) is 6.40. The molecule has 1 aromatic rings. The number of alkyl halides is 3. The zero-order valence-electron chi connectivity index (χ0n) is 11.8. The molecule has 1 rings (SSSR count). The topological polar surface area (TPSA) is 38.3 Å². The van der Waals surface area contributed by atoms with Gasteiger partial charge in [0, 0.05) is 6.42 Å². The van der Waals surface area contributed by atoms with Crippen molar-refractivity contribution in [1.29, 1.82) is 0 Å². The maximum absolute atomic E-state index is 13.6. The van der Waals surface area contributed by atoms with Gasteiger partial charge in [-0.05, 0) is 25.5 Å². The van der Waals surface area contributed by atoms with Gasteiger partial charge in [-0.1, -0.05) is 18.2 Å². The summed E-state index contributed by atoms with van der Waals surface area (Å²) in [5, 5.41) is 2.13.